The van der Waals surface area contributed by atoms with Crippen molar-refractivity contribution in [2.75, 3.05) is 33.3 Å². The number of nitrogens with zero attached hydrogens (tertiary/aromatic N) is 2. The van der Waals surface area contributed by atoms with Crippen LogP contribution >= 0.6 is 0 Å². The maximum Gasteiger partial charge on any atom is 0.254 e. The molecule has 26 heavy (non-hydrogen) atoms. The Morgan fingerprint density at radius 2 is 1.69 bits per heavy atom. The van der Waals surface area contributed by atoms with E-state index >= 15 is 0 Å². The first-order valence-corrected chi connectivity index (χ1v) is 9.86. The summed E-state index contributed by atoms with van der Waals surface area (Å²) < 4.78 is 32.3. The number of hydrogen-bond acceptors (Lipinski definition) is 4. The summed E-state index contributed by atoms with van der Waals surface area (Å²) in [6.45, 7) is 3.08. The molecule has 6 nitrogen and oxygen atoms in total. The van der Waals surface area contributed by atoms with Gasteiger partial charge in [-0.25, -0.2) is 8.42 Å². The van der Waals surface area contributed by atoms with Crippen LogP contribution in [-0.2, 0) is 10.0 Å². The number of carbonyl (C=O) groups excluding carboxylic acids is 1. The Bertz CT molecular complexity index is 903. The topological polar surface area (TPSA) is 66.9 Å². The van der Waals surface area contributed by atoms with Gasteiger partial charge in [0.1, 0.15) is 5.75 Å². The standard InChI is InChI=1S/C19H22N2O4S/c1-15-6-3-4-9-18(15)26(23,24)21-12-10-20(11-13-21)19(22)16-7-5-8-17(14-16)25-2/h3-9,14H,10-13H2,1-2H3. The summed E-state index contributed by atoms with van der Waals surface area (Å²) >= 11 is 0. The quantitative estimate of drug-likeness (QED) is 0.822. The van der Waals surface area contributed by atoms with E-state index in [1.54, 1.807) is 61.4 Å². The number of hydrogen-bond donors (Lipinski definition) is 0. The highest BCUT2D eigenvalue weighted by molar-refractivity contribution is 7.89. The molecular formula is C19H22N2O4S. The van der Waals surface area contributed by atoms with Crippen LogP contribution in [0.15, 0.2) is 53.4 Å². The fourth-order valence-electron chi connectivity index (χ4n) is 3.06. The predicted octanol–water partition coefficient (Wildman–Crippen LogP) is 2.15. The minimum Gasteiger partial charge on any atom is -0.497 e. The molecule has 1 aliphatic heterocycles. The number of piperazine rings is 1. The van der Waals surface area contributed by atoms with Gasteiger partial charge in [-0.3, -0.25) is 4.79 Å². The molecule has 1 amide bonds. The van der Waals surface area contributed by atoms with Crippen LogP contribution in [0.25, 0.3) is 0 Å². The summed E-state index contributed by atoms with van der Waals surface area (Å²) in [5, 5.41) is 0. The lowest BCUT2D eigenvalue weighted by Crippen LogP contribution is -2.50. The lowest BCUT2D eigenvalue weighted by molar-refractivity contribution is 0.0697. The van der Waals surface area contributed by atoms with E-state index < -0.39 is 10.0 Å². The fourth-order valence-corrected chi connectivity index (χ4v) is 4.70. The molecule has 2 aromatic rings. The Balaban J connectivity index is 1.71. The van der Waals surface area contributed by atoms with Gasteiger partial charge in [-0.1, -0.05) is 24.3 Å². The first-order valence-electron chi connectivity index (χ1n) is 8.42. The molecule has 0 radical (unpaired) electrons. The Hall–Kier alpha value is -2.38. The number of amides is 1. The summed E-state index contributed by atoms with van der Waals surface area (Å²) in [7, 11) is -1.99. The number of sulfonamides is 1. The van der Waals surface area contributed by atoms with E-state index in [1.807, 2.05) is 6.07 Å². The van der Waals surface area contributed by atoms with Crippen LogP contribution in [0, 0.1) is 6.92 Å². The van der Waals surface area contributed by atoms with Crippen LogP contribution in [0.1, 0.15) is 15.9 Å². The van der Waals surface area contributed by atoms with E-state index in [-0.39, 0.29) is 19.0 Å². The average molecular weight is 374 g/mol. The van der Waals surface area contributed by atoms with Gasteiger partial charge in [0.2, 0.25) is 10.0 Å². The van der Waals surface area contributed by atoms with Crippen molar-refractivity contribution in [2.24, 2.45) is 0 Å². The van der Waals surface area contributed by atoms with Gasteiger partial charge in [0.05, 0.1) is 12.0 Å². The summed E-state index contributed by atoms with van der Waals surface area (Å²) in [6.07, 6.45) is 0. The lowest BCUT2D eigenvalue weighted by Gasteiger charge is -2.34. The SMILES string of the molecule is COc1cccc(C(=O)N2CCN(S(=O)(=O)c3ccccc3C)CC2)c1. The fraction of sp³-hybridized carbons (Fsp3) is 0.316. The monoisotopic (exact) mass is 374 g/mol. The van der Waals surface area contributed by atoms with Crippen molar-refractivity contribution in [3.63, 3.8) is 0 Å². The Kier molecular flexibility index (Phi) is 5.29. The molecule has 0 saturated carbocycles. The van der Waals surface area contributed by atoms with Gasteiger partial charge in [-0.15, -0.1) is 0 Å². The number of ether oxygens (including phenoxy) is 1. The highest BCUT2D eigenvalue weighted by Crippen LogP contribution is 2.22. The molecule has 1 heterocycles. The summed E-state index contributed by atoms with van der Waals surface area (Å²) in [5.74, 6) is 0.508. The third kappa shape index (κ3) is 3.59. The zero-order chi connectivity index (χ0) is 18.7. The number of methoxy groups -OCH3 is 1. The maximum atomic E-state index is 12.8. The summed E-state index contributed by atoms with van der Waals surface area (Å²) in [6, 6.07) is 13.9. The smallest absolute Gasteiger partial charge is 0.254 e. The number of rotatable bonds is 4. The van der Waals surface area contributed by atoms with E-state index in [1.165, 1.54) is 4.31 Å². The van der Waals surface area contributed by atoms with Gasteiger partial charge in [-0.2, -0.15) is 4.31 Å². The van der Waals surface area contributed by atoms with Crippen molar-refractivity contribution in [1.29, 1.82) is 0 Å². The molecule has 0 aliphatic carbocycles. The molecule has 0 atom stereocenters. The Labute approximate surface area is 154 Å². The molecule has 2 aromatic carbocycles. The molecule has 0 spiro atoms. The van der Waals surface area contributed by atoms with Gasteiger partial charge in [0, 0.05) is 31.7 Å². The first-order chi connectivity index (χ1) is 12.4. The third-order valence-corrected chi connectivity index (χ3v) is 6.61. The van der Waals surface area contributed by atoms with Crippen molar-refractivity contribution < 1.29 is 17.9 Å². The number of aryl methyl sites for hydroxylation is 1. The molecule has 1 saturated heterocycles. The minimum atomic E-state index is -3.54. The zero-order valence-corrected chi connectivity index (χ0v) is 15.7. The average Bonchev–Trinajstić information content (AvgIpc) is 2.67. The van der Waals surface area contributed by atoms with Crippen LogP contribution in [-0.4, -0.2) is 56.8 Å². The molecule has 1 fully saturated rings. The molecule has 0 unspecified atom stereocenters. The van der Waals surface area contributed by atoms with Crippen LogP contribution in [0.2, 0.25) is 0 Å². The second kappa shape index (κ2) is 7.47. The van der Waals surface area contributed by atoms with Crippen LogP contribution in [0.5, 0.6) is 5.75 Å². The van der Waals surface area contributed by atoms with Crippen molar-refractivity contribution in [3.05, 3.63) is 59.7 Å². The zero-order valence-electron chi connectivity index (χ0n) is 14.9. The van der Waals surface area contributed by atoms with Gasteiger partial charge in [0.25, 0.3) is 5.91 Å². The Morgan fingerprint density at radius 3 is 2.35 bits per heavy atom. The lowest BCUT2D eigenvalue weighted by atomic mass is 10.1. The number of carbonyl (C=O) groups is 1. The van der Waals surface area contributed by atoms with E-state index in [2.05, 4.69) is 0 Å². The van der Waals surface area contributed by atoms with Crippen molar-refractivity contribution in [2.45, 2.75) is 11.8 Å². The molecule has 1 aliphatic rings. The third-order valence-electron chi connectivity index (χ3n) is 4.55. The normalized spacial score (nSPS) is 15.7. The largest absolute Gasteiger partial charge is 0.497 e. The van der Waals surface area contributed by atoms with Crippen LogP contribution in [0.3, 0.4) is 0 Å². The second-order valence-electron chi connectivity index (χ2n) is 6.19. The van der Waals surface area contributed by atoms with Crippen LogP contribution in [0.4, 0.5) is 0 Å². The van der Waals surface area contributed by atoms with Crippen molar-refractivity contribution in [3.8, 4) is 5.75 Å². The van der Waals surface area contributed by atoms with Gasteiger partial charge >= 0.3 is 0 Å². The molecule has 138 valence electrons. The van der Waals surface area contributed by atoms with E-state index in [9.17, 15) is 13.2 Å². The summed E-state index contributed by atoms with van der Waals surface area (Å²) in [5.41, 5.74) is 1.27. The highest BCUT2D eigenvalue weighted by atomic mass is 32.2. The molecule has 3 rings (SSSR count). The maximum absolute atomic E-state index is 12.8. The van der Waals surface area contributed by atoms with Gasteiger partial charge < -0.3 is 9.64 Å². The van der Waals surface area contributed by atoms with Crippen LogP contribution < -0.4 is 4.74 Å². The van der Waals surface area contributed by atoms with E-state index in [4.69, 9.17) is 4.74 Å². The highest BCUT2D eigenvalue weighted by Gasteiger charge is 2.31. The van der Waals surface area contributed by atoms with Gasteiger partial charge in [0.15, 0.2) is 0 Å². The van der Waals surface area contributed by atoms with E-state index in [0.717, 1.165) is 5.56 Å². The Morgan fingerprint density at radius 1 is 1.00 bits per heavy atom. The van der Waals surface area contributed by atoms with Gasteiger partial charge in [-0.05, 0) is 36.8 Å². The number of benzene rings is 2. The molecule has 7 heteroatoms. The molecule has 0 N–H and O–H groups in total. The molecule has 0 aromatic heterocycles. The second-order valence-corrected chi connectivity index (χ2v) is 8.10. The molecular weight excluding hydrogens is 352 g/mol. The molecule has 0 bridgehead atoms. The first kappa shape index (κ1) is 18.4. The predicted molar refractivity (Wildman–Crippen MR) is 98.8 cm³/mol. The van der Waals surface area contributed by atoms with E-state index in [0.29, 0.717) is 29.3 Å². The minimum absolute atomic E-state index is 0.114. The van der Waals surface area contributed by atoms with Crippen molar-refractivity contribution >= 4 is 15.9 Å². The summed E-state index contributed by atoms with van der Waals surface area (Å²) in [4.78, 5) is 14.7. The van der Waals surface area contributed by atoms with Crippen molar-refractivity contribution in [1.82, 2.24) is 9.21 Å².